The zero-order valence-corrected chi connectivity index (χ0v) is 14.1. The summed E-state index contributed by atoms with van der Waals surface area (Å²) < 4.78 is 9.89. The van der Waals surface area contributed by atoms with Crippen molar-refractivity contribution in [3.05, 3.63) is 24.3 Å². The zero-order chi connectivity index (χ0) is 18.2. The average Bonchev–Trinajstić information content (AvgIpc) is 3.07. The van der Waals surface area contributed by atoms with Crippen molar-refractivity contribution in [2.75, 3.05) is 24.7 Å². The third-order valence-corrected chi connectivity index (χ3v) is 3.62. The summed E-state index contributed by atoms with van der Waals surface area (Å²) in [6.45, 7) is -0.189. The number of benzene rings is 1. The van der Waals surface area contributed by atoms with Crippen molar-refractivity contribution < 1.29 is 18.7 Å². The van der Waals surface area contributed by atoms with E-state index in [1.165, 1.54) is 7.11 Å². The Kier molecular flexibility index (Phi) is 6.34. The molecule has 0 spiro atoms. The van der Waals surface area contributed by atoms with Crippen LogP contribution in [-0.4, -0.2) is 47.4 Å². The molecule has 1 aromatic heterocycles. The third kappa shape index (κ3) is 5.80. The van der Waals surface area contributed by atoms with Gasteiger partial charge in [-0.2, -0.15) is 0 Å². The normalized spacial score (nSPS) is 10.1. The average molecular weight is 364 g/mol. The molecule has 0 aliphatic heterocycles. The Balaban J connectivity index is 1.88. The second-order valence-corrected chi connectivity index (χ2v) is 5.56. The fourth-order valence-electron chi connectivity index (χ4n) is 1.66. The van der Waals surface area contributed by atoms with Crippen LogP contribution in [0.25, 0.3) is 11.5 Å². The number of rotatable bonds is 7. The first kappa shape index (κ1) is 18.3. The van der Waals surface area contributed by atoms with Gasteiger partial charge in [-0.15, -0.1) is 10.2 Å². The number of guanidine groups is 1. The number of aromatic nitrogens is 2. The van der Waals surface area contributed by atoms with Crippen LogP contribution in [0.3, 0.4) is 0 Å². The molecule has 132 valence electrons. The predicted octanol–water partition coefficient (Wildman–Crippen LogP) is 0.423. The molecular weight excluding hydrogens is 348 g/mol. The number of thioether (sulfide) groups is 1. The van der Waals surface area contributed by atoms with Crippen LogP contribution in [0.4, 0.5) is 5.69 Å². The molecule has 0 saturated carbocycles. The number of esters is 1. The topological polar surface area (TPSA) is 156 Å². The summed E-state index contributed by atoms with van der Waals surface area (Å²) >= 11 is 1.05. The number of ether oxygens (including phenoxy) is 1. The van der Waals surface area contributed by atoms with Crippen LogP contribution >= 0.6 is 11.8 Å². The number of hydrogen-bond acceptors (Lipinski definition) is 8. The van der Waals surface area contributed by atoms with Gasteiger partial charge in [0.1, 0.15) is 6.54 Å². The molecule has 25 heavy (non-hydrogen) atoms. The van der Waals surface area contributed by atoms with E-state index >= 15 is 0 Å². The van der Waals surface area contributed by atoms with Crippen molar-refractivity contribution in [2.24, 2.45) is 5.73 Å². The Labute approximate surface area is 147 Å². The predicted molar refractivity (Wildman–Crippen MR) is 91.0 cm³/mol. The fourth-order valence-corrected chi connectivity index (χ4v) is 2.25. The van der Waals surface area contributed by atoms with Gasteiger partial charge in [0.25, 0.3) is 5.22 Å². The molecule has 0 radical (unpaired) electrons. The van der Waals surface area contributed by atoms with E-state index in [0.29, 0.717) is 17.1 Å². The number of amides is 1. The van der Waals surface area contributed by atoms with E-state index in [0.717, 1.165) is 11.8 Å². The minimum Gasteiger partial charge on any atom is -0.468 e. The zero-order valence-electron chi connectivity index (χ0n) is 13.2. The van der Waals surface area contributed by atoms with Crippen LogP contribution in [-0.2, 0) is 14.3 Å². The summed E-state index contributed by atoms with van der Waals surface area (Å²) in [6.07, 6.45) is 0. The molecule has 1 heterocycles. The lowest BCUT2D eigenvalue weighted by Gasteiger charge is -2.03. The SMILES string of the molecule is COC(=O)CNC(=O)CSc1nnc(-c2ccc(NC(=N)N)cc2)o1. The third-order valence-electron chi connectivity index (χ3n) is 2.80. The van der Waals surface area contributed by atoms with E-state index in [2.05, 4.69) is 25.6 Å². The number of hydrogen-bond donors (Lipinski definition) is 4. The first-order chi connectivity index (χ1) is 12.0. The Morgan fingerprint density at radius 3 is 2.68 bits per heavy atom. The lowest BCUT2D eigenvalue weighted by atomic mass is 10.2. The van der Waals surface area contributed by atoms with Crippen LogP contribution in [0.15, 0.2) is 33.9 Å². The highest BCUT2D eigenvalue weighted by molar-refractivity contribution is 7.99. The van der Waals surface area contributed by atoms with E-state index in [-0.39, 0.29) is 29.4 Å². The van der Waals surface area contributed by atoms with Gasteiger partial charge in [0.05, 0.1) is 12.9 Å². The molecule has 0 saturated heterocycles. The monoisotopic (exact) mass is 364 g/mol. The van der Waals surface area contributed by atoms with Crippen molar-refractivity contribution in [1.82, 2.24) is 15.5 Å². The number of anilines is 1. The molecule has 0 bridgehead atoms. The van der Waals surface area contributed by atoms with Gasteiger partial charge in [-0.3, -0.25) is 15.0 Å². The summed E-state index contributed by atoms with van der Waals surface area (Å²) in [5, 5.41) is 20.2. The Bertz CT molecular complexity index is 761. The molecule has 0 aliphatic rings. The summed E-state index contributed by atoms with van der Waals surface area (Å²) in [5.41, 5.74) is 6.59. The van der Waals surface area contributed by atoms with Gasteiger partial charge in [-0.25, -0.2) is 0 Å². The number of nitrogens with two attached hydrogens (primary N) is 1. The molecule has 10 nitrogen and oxygen atoms in total. The Morgan fingerprint density at radius 1 is 1.32 bits per heavy atom. The van der Waals surface area contributed by atoms with E-state index < -0.39 is 5.97 Å². The smallest absolute Gasteiger partial charge is 0.325 e. The van der Waals surface area contributed by atoms with Crippen LogP contribution in [0.1, 0.15) is 0 Å². The number of carbonyl (C=O) groups excluding carboxylic acids is 2. The van der Waals surface area contributed by atoms with Crippen molar-refractivity contribution in [3.63, 3.8) is 0 Å². The van der Waals surface area contributed by atoms with E-state index in [9.17, 15) is 9.59 Å². The molecule has 0 atom stereocenters. The van der Waals surface area contributed by atoms with Crippen LogP contribution in [0, 0.1) is 5.41 Å². The van der Waals surface area contributed by atoms with Crippen LogP contribution in [0.5, 0.6) is 0 Å². The van der Waals surface area contributed by atoms with Gasteiger partial charge in [-0.05, 0) is 24.3 Å². The second-order valence-electron chi connectivity index (χ2n) is 4.63. The molecule has 2 rings (SSSR count). The highest BCUT2D eigenvalue weighted by atomic mass is 32.2. The molecule has 0 aliphatic carbocycles. The summed E-state index contributed by atoms with van der Waals surface area (Å²) in [7, 11) is 1.24. The number of nitrogens with one attached hydrogen (secondary N) is 3. The lowest BCUT2D eigenvalue weighted by molar-refractivity contribution is -0.140. The molecular formula is C14H16N6O4S. The Hall–Kier alpha value is -3.08. The minimum absolute atomic E-state index is 0.0279. The fraction of sp³-hybridized carbons (Fsp3) is 0.214. The first-order valence-corrected chi connectivity index (χ1v) is 7.98. The van der Waals surface area contributed by atoms with Crippen LogP contribution in [0.2, 0.25) is 0 Å². The summed E-state index contributed by atoms with van der Waals surface area (Å²) in [5.74, 6) is -0.711. The largest absolute Gasteiger partial charge is 0.468 e. The van der Waals surface area contributed by atoms with Crippen LogP contribution < -0.4 is 16.4 Å². The standard InChI is InChI=1S/C14H16N6O4S/c1-23-11(22)6-17-10(21)7-25-14-20-19-12(24-14)8-2-4-9(5-3-8)18-13(15)16/h2-5H,6-7H2,1H3,(H,17,21)(H4,15,16,18). The summed E-state index contributed by atoms with van der Waals surface area (Å²) in [4.78, 5) is 22.5. The molecule has 5 N–H and O–H groups in total. The molecule has 2 aromatic rings. The van der Waals surface area contributed by atoms with Crippen molar-refractivity contribution >= 4 is 35.3 Å². The minimum atomic E-state index is -0.527. The molecule has 1 aromatic carbocycles. The number of nitrogens with zero attached hydrogens (tertiary/aromatic N) is 2. The van der Waals surface area contributed by atoms with Crippen molar-refractivity contribution in [1.29, 1.82) is 5.41 Å². The maximum Gasteiger partial charge on any atom is 0.325 e. The Morgan fingerprint density at radius 2 is 2.04 bits per heavy atom. The number of methoxy groups -OCH3 is 1. The van der Waals surface area contributed by atoms with E-state index in [1.54, 1.807) is 24.3 Å². The number of carbonyl (C=O) groups is 2. The van der Waals surface area contributed by atoms with Gasteiger partial charge >= 0.3 is 5.97 Å². The highest BCUT2D eigenvalue weighted by Crippen LogP contribution is 2.24. The highest BCUT2D eigenvalue weighted by Gasteiger charge is 2.12. The van der Waals surface area contributed by atoms with E-state index in [1.807, 2.05) is 0 Å². The lowest BCUT2D eigenvalue weighted by Crippen LogP contribution is -2.31. The van der Waals surface area contributed by atoms with Gasteiger partial charge < -0.3 is 25.5 Å². The first-order valence-electron chi connectivity index (χ1n) is 6.99. The molecule has 1 amide bonds. The van der Waals surface area contributed by atoms with Gasteiger partial charge in [-0.1, -0.05) is 11.8 Å². The van der Waals surface area contributed by atoms with Gasteiger partial charge in [0, 0.05) is 11.3 Å². The molecule has 11 heteroatoms. The second kappa shape index (κ2) is 8.68. The summed E-state index contributed by atoms with van der Waals surface area (Å²) in [6, 6.07) is 6.90. The quantitative estimate of drug-likeness (QED) is 0.237. The molecule has 0 fully saturated rings. The molecule has 0 unspecified atom stereocenters. The van der Waals surface area contributed by atoms with Gasteiger partial charge in [0.2, 0.25) is 11.8 Å². The maximum absolute atomic E-state index is 11.6. The van der Waals surface area contributed by atoms with E-state index in [4.69, 9.17) is 15.6 Å². The van der Waals surface area contributed by atoms with Crippen molar-refractivity contribution in [2.45, 2.75) is 5.22 Å². The van der Waals surface area contributed by atoms with Gasteiger partial charge in [0.15, 0.2) is 5.96 Å². The van der Waals surface area contributed by atoms with Crippen molar-refractivity contribution in [3.8, 4) is 11.5 Å². The maximum atomic E-state index is 11.6.